The first kappa shape index (κ1) is 12.9. The summed E-state index contributed by atoms with van der Waals surface area (Å²) >= 11 is 0. The summed E-state index contributed by atoms with van der Waals surface area (Å²) in [6.07, 6.45) is 14.6. The normalized spacial score (nSPS) is 36.5. The molecule has 2 saturated carbocycles. The monoisotopic (exact) mass is 250 g/mol. The summed E-state index contributed by atoms with van der Waals surface area (Å²) in [5, 5.41) is 0. The van der Waals surface area contributed by atoms with E-state index in [2.05, 4.69) is 4.90 Å². The number of nitrogens with zero attached hydrogens (tertiary/aromatic N) is 1. The first-order valence-corrected chi connectivity index (χ1v) is 8.36. The van der Waals surface area contributed by atoms with Crippen molar-refractivity contribution in [3.8, 4) is 0 Å². The molecular formula is C16H30N2. The molecule has 3 fully saturated rings. The van der Waals surface area contributed by atoms with Crippen molar-refractivity contribution in [2.24, 2.45) is 17.6 Å². The third-order valence-electron chi connectivity index (χ3n) is 5.91. The number of hydrogen-bond acceptors (Lipinski definition) is 2. The van der Waals surface area contributed by atoms with E-state index >= 15 is 0 Å². The smallest absolute Gasteiger partial charge is 0.0249 e. The van der Waals surface area contributed by atoms with Gasteiger partial charge in [-0.3, -0.25) is 4.90 Å². The maximum Gasteiger partial charge on any atom is 0.0249 e. The van der Waals surface area contributed by atoms with Crippen molar-refractivity contribution in [1.82, 2.24) is 4.90 Å². The van der Waals surface area contributed by atoms with E-state index in [1.54, 1.807) is 0 Å². The van der Waals surface area contributed by atoms with Gasteiger partial charge in [-0.1, -0.05) is 32.1 Å². The van der Waals surface area contributed by atoms with Crippen LogP contribution in [0.15, 0.2) is 0 Å². The summed E-state index contributed by atoms with van der Waals surface area (Å²) in [5.41, 5.74) is 6.16. The van der Waals surface area contributed by atoms with E-state index in [9.17, 15) is 0 Å². The molecule has 1 aliphatic heterocycles. The van der Waals surface area contributed by atoms with Gasteiger partial charge in [-0.05, 0) is 50.5 Å². The Kier molecular flexibility index (Phi) is 4.25. The summed E-state index contributed by atoms with van der Waals surface area (Å²) in [6, 6.07) is 1.60. The third kappa shape index (κ3) is 2.46. The second-order valence-electron chi connectivity index (χ2n) is 6.84. The van der Waals surface area contributed by atoms with Gasteiger partial charge in [-0.2, -0.15) is 0 Å². The van der Waals surface area contributed by atoms with Crippen LogP contribution in [0.5, 0.6) is 0 Å². The molecule has 0 aromatic heterocycles. The predicted octanol–water partition coefficient (Wildman–Crippen LogP) is 3.16. The van der Waals surface area contributed by atoms with E-state index in [1.807, 2.05) is 0 Å². The maximum absolute atomic E-state index is 6.16. The molecule has 0 amide bonds. The zero-order chi connectivity index (χ0) is 12.4. The highest BCUT2D eigenvalue weighted by Gasteiger charge is 2.40. The Morgan fingerprint density at radius 3 is 2.39 bits per heavy atom. The average molecular weight is 250 g/mol. The van der Waals surface area contributed by atoms with E-state index in [-0.39, 0.29) is 0 Å². The third-order valence-corrected chi connectivity index (χ3v) is 5.91. The second-order valence-corrected chi connectivity index (χ2v) is 6.84. The van der Waals surface area contributed by atoms with E-state index in [0.717, 1.165) is 24.4 Å². The molecule has 0 spiro atoms. The Hall–Kier alpha value is -0.0800. The lowest BCUT2D eigenvalue weighted by atomic mass is 9.81. The van der Waals surface area contributed by atoms with Crippen LogP contribution < -0.4 is 5.73 Å². The van der Waals surface area contributed by atoms with Crippen molar-refractivity contribution in [2.45, 2.75) is 76.3 Å². The lowest BCUT2D eigenvalue weighted by Crippen LogP contribution is -2.49. The van der Waals surface area contributed by atoms with Crippen LogP contribution >= 0.6 is 0 Å². The Bertz CT molecular complexity index is 260. The van der Waals surface area contributed by atoms with Crippen molar-refractivity contribution in [2.75, 3.05) is 13.1 Å². The molecule has 18 heavy (non-hydrogen) atoms. The molecule has 0 aromatic carbocycles. The van der Waals surface area contributed by atoms with Crippen LogP contribution in [-0.4, -0.2) is 30.1 Å². The minimum Gasteiger partial charge on any atom is -0.329 e. The summed E-state index contributed by atoms with van der Waals surface area (Å²) in [7, 11) is 0. The van der Waals surface area contributed by atoms with Gasteiger partial charge in [0.1, 0.15) is 0 Å². The topological polar surface area (TPSA) is 29.3 Å². The van der Waals surface area contributed by atoms with Crippen molar-refractivity contribution in [3.05, 3.63) is 0 Å². The molecule has 2 nitrogen and oxygen atoms in total. The minimum atomic E-state index is 0.707. The first-order valence-electron chi connectivity index (χ1n) is 8.36. The van der Waals surface area contributed by atoms with Gasteiger partial charge in [-0.15, -0.1) is 0 Å². The van der Waals surface area contributed by atoms with Crippen LogP contribution in [-0.2, 0) is 0 Å². The summed E-state index contributed by atoms with van der Waals surface area (Å²) in [6.45, 7) is 2.24. The van der Waals surface area contributed by atoms with Crippen molar-refractivity contribution in [3.63, 3.8) is 0 Å². The molecule has 1 saturated heterocycles. The first-order chi connectivity index (χ1) is 8.90. The molecule has 2 N–H and O–H groups in total. The Balaban J connectivity index is 1.67. The molecule has 1 heterocycles. The Labute approximate surface area is 112 Å². The summed E-state index contributed by atoms with van der Waals surface area (Å²) in [5.74, 6) is 1.92. The van der Waals surface area contributed by atoms with Gasteiger partial charge in [-0.25, -0.2) is 0 Å². The molecule has 104 valence electrons. The molecular weight excluding hydrogens is 220 g/mol. The van der Waals surface area contributed by atoms with Crippen LogP contribution in [0.2, 0.25) is 0 Å². The SMILES string of the molecule is NCC(C1CCCCC1)N1CCC2CCCCC21. The fourth-order valence-corrected chi connectivity index (χ4v) is 4.97. The highest BCUT2D eigenvalue weighted by atomic mass is 15.2. The van der Waals surface area contributed by atoms with Crippen LogP contribution in [0.25, 0.3) is 0 Å². The molecule has 0 radical (unpaired) electrons. The minimum absolute atomic E-state index is 0.707. The number of nitrogens with two attached hydrogens (primary N) is 1. The predicted molar refractivity (Wildman–Crippen MR) is 76.5 cm³/mol. The largest absolute Gasteiger partial charge is 0.329 e. The quantitative estimate of drug-likeness (QED) is 0.833. The van der Waals surface area contributed by atoms with E-state index in [0.29, 0.717) is 6.04 Å². The highest BCUT2D eigenvalue weighted by Crippen LogP contribution is 2.40. The number of hydrogen-bond donors (Lipinski definition) is 1. The molecule has 3 atom stereocenters. The van der Waals surface area contributed by atoms with Gasteiger partial charge in [0.05, 0.1) is 0 Å². The Morgan fingerprint density at radius 1 is 0.889 bits per heavy atom. The molecule has 3 aliphatic rings. The van der Waals surface area contributed by atoms with Gasteiger partial charge < -0.3 is 5.73 Å². The second kappa shape index (κ2) is 5.92. The average Bonchev–Trinajstić information content (AvgIpc) is 2.85. The zero-order valence-electron chi connectivity index (χ0n) is 11.8. The number of rotatable bonds is 3. The van der Waals surface area contributed by atoms with Crippen LogP contribution in [0.1, 0.15) is 64.2 Å². The standard InChI is InChI=1S/C16H30N2/c17-12-16(13-6-2-1-3-7-13)18-11-10-14-8-4-5-9-15(14)18/h13-16H,1-12,17H2. The van der Waals surface area contributed by atoms with E-state index < -0.39 is 0 Å². The highest BCUT2D eigenvalue weighted by molar-refractivity contribution is 4.95. The van der Waals surface area contributed by atoms with Gasteiger partial charge >= 0.3 is 0 Å². The van der Waals surface area contributed by atoms with E-state index in [1.165, 1.54) is 70.8 Å². The fourth-order valence-electron chi connectivity index (χ4n) is 4.97. The molecule has 2 aliphatic carbocycles. The van der Waals surface area contributed by atoms with E-state index in [4.69, 9.17) is 5.73 Å². The van der Waals surface area contributed by atoms with Gasteiger partial charge in [0, 0.05) is 18.6 Å². The van der Waals surface area contributed by atoms with Crippen molar-refractivity contribution < 1.29 is 0 Å². The lowest BCUT2D eigenvalue weighted by Gasteiger charge is -2.41. The maximum atomic E-state index is 6.16. The lowest BCUT2D eigenvalue weighted by molar-refractivity contribution is 0.0835. The molecule has 2 heteroatoms. The molecule has 3 rings (SSSR count). The fraction of sp³-hybridized carbons (Fsp3) is 1.00. The van der Waals surface area contributed by atoms with Crippen LogP contribution in [0.3, 0.4) is 0 Å². The summed E-state index contributed by atoms with van der Waals surface area (Å²) in [4.78, 5) is 2.85. The molecule has 0 bridgehead atoms. The van der Waals surface area contributed by atoms with Gasteiger partial charge in [0.25, 0.3) is 0 Å². The zero-order valence-corrected chi connectivity index (χ0v) is 11.8. The molecule has 3 unspecified atom stereocenters. The van der Waals surface area contributed by atoms with Crippen molar-refractivity contribution >= 4 is 0 Å². The van der Waals surface area contributed by atoms with Crippen molar-refractivity contribution in [1.29, 1.82) is 0 Å². The van der Waals surface area contributed by atoms with Crippen LogP contribution in [0.4, 0.5) is 0 Å². The van der Waals surface area contributed by atoms with Gasteiger partial charge in [0.2, 0.25) is 0 Å². The molecule has 0 aromatic rings. The summed E-state index contributed by atoms with van der Waals surface area (Å²) < 4.78 is 0. The van der Waals surface area contributed by atoms with Crippen LogP contribution in [0, 0.1) is 11.8 Å². The Morgan fingerprint density at radius 2 is 1.61 bits per heavy atom. The van der Waals surface area contributed by atoms with Gasteiger partial charge in [0.15, 0.2) is 0 Å². The number of likely N-dealkylation sites (tertiary alicyclic amines) is 1. The number of fused-ring (bicyclic) bond motifs is 1.